The molecule has 0 aliphatic carbocycles. The summed E-state index contributed by atoms with van der Waals surface area (Å²) in [5.74, 6) is 1.39. The van der Waals surface area contributed by atoms with E-state index in [0.29, 0.717) is 48.4 Å². The van der Waals surface area contributed by atoms with E-state index in [2.05, 4.69) is 15.1 Å². The number of aromatic nitrogens is 3. The number of rotatable bonds is 5. The Morgan fingerprint density at radius 1 is 1.14 bits per heavy atom. The quantitative estimate of drug-likeness (QED) is 0.623. The van der Waals surface area contributed by atoms with Crippen LogP contribution in [0.2, 0.25) is 5.02 Å². The summed E-state index contributed by atoms with van der Waals surface area (Å²) in [5.41, 5.74) is 0.836. The first-order chi connectivity index (χ1) is 14.2. The van der Waals surface area contributed by atoms with Crippen LogP contribution in [-0.2, 0) is 11.3 Å². The number of nitrogens with zero attached hydrogens (tertiary/aromatic N) is 4. The molecular formula is C20H19ClN4O4. The number of likely N-dealkylation sites (tertiary alicyclic amines) is 1. The third-order valence-corrected chi connectivity index (χ3v) is 4.82. The van der Waals surface area contributed by atoms with Crippen molar-refractivity contribution in [2.24, 2.45) is 0 Å². The number of piperidine rings is 1. The van der Waals surface area contributed by atoms with Gasteiger partial charge >= 0.3 is 6.09 Å². The van der Waals surface area contributed by atoms with Crippen LogP contribution in [0.1, 0.15) is 18.7 Å². The Morgan fingerprint density at radius 2 is 1.86 bits per heavy atom. The summed E-state index contributed by atoms with van der Waals surface area (Å²) in [5, 5.41) is 4.55. The zero-order valence-electron chi connectivity index (χ0n) is 15.5. The maximum absolute atomic E-state index is 12.3. The van der Waals surface area contributed by atoms with Crippen molar-refractivity contribution in [1.82, 2.24) is 20.0 Å². The lowest BCUT2D eigenvalue weighted by Crippen LogP contribution is -2.42. The van der Waals surface area contributed by atoms with Gasteiger partial charge in [0.15, 0.2) is 0 Å². The van der Waals surface area contributed by atoms with E-state index in [1.165, 1.54) is 0 Å². The van der Waals surface area contributed by atoms with E-state index < -0.39 is 0 Å². The summed E-state index contributed by atoms with van der Waals surface area (Å²) in [6.07, 6.45) is 4.42. The van der Waals surface area contributed by atoms with Crippen molar-refractivity contribution in [3.05, 3.63) is 59.7 Å². The van der Waals surface area contributed by atoms with E-state index in [0.717, 1.165) is 5.56 Å². The highest BCUT2D eigenvalue weighted by Crippen LogP contribution is 2.20. The van der Waals surface area contributed by atoms with Crippen LogP contribution < -0.4 is 4.74 Å². The molecule has 8 nitrogen and oxygen atoms in total. The van der Waals surface area contributed by atoms with Gasteiger partial charge in [-0.25, -0.2) is 4.79 Å². The van der Waals surface area contributed by atoms with Gasteiger partial charge in [0.25, 0.3) is 5.89 Å². The van der Waals surface area contributed by atoms with Gasteiger partial charge in [-0.05, 0) is 49.2 Å². The van der Waals surface area contributed by atoms with Crippen molar-refractivity contribution < 1.29 is 18.8 Å². The van der Waals surface area contributed by atoms with Gasteiger partial charge in [0, 0.05) is 36.1 Å². The van der Waals surface area contributed by atoms with Crippen LogP contribution in [-0.4, -0.2) is 45.3 Å². The molecule has 1 saturated heterocycles. The Balaban J connectivity index is 1.22. The smallest absolute Gasteiger partial charge is 0.410 e. The number of hydrogen-bond acceptors (Lipinski definition) is 7. The molecule has 1 aliphatic rings. The standard InChI is InChI=1S/C20H19ClN4O4/c21-15-1-3-17(4-2-15)28-20(26)25-11-7-16(8-12-25)27-13-18-23-19(24-29-18)14-5-9-22-10-6-14/h1-6,9-10,16H,7-8,11-13H2. The van der Waals surface area contributed by atoms with Crippen LogP contribution >= 0.6 is 11.6 Å². The summed E-state index contributed by atoms with van der Waals surface area (Å²) < 4.78 is 16.5. The molecule has 0 radical (unpaired) electrons. The molecule has 0 atom stereocenters. The second kappa shape index (κ2) is 9.02. The van der Waals surface area contributed by atoms with Gasteiger partial charge < -0.3 is 18.9 Å². The summed E-state index contributed by atoms with van der Waals surface area (Å²) in [6, 6.07) is 10.3. The lowest BCUT2D eigenvalue weighted by molar-refractivity contribution is -0.00891. The van der Waals surface area contributed by atoms with Crippen molar-refractivity contribution >= 4 is 17.7 Å². The van der Waals surface area contributed by atoms with E-state index in [1.807, 2.05) is 12.1 Å². The van der Waals surface area contributed by atoms with Crippen molar-refractivity contribution in [2.45, 2.75) is 25.6 Å². The Kier molecular flexibility index (Phi) is 6.02. The molecule has 1 aromatic carbocycles. The van der Waals surface area contributed by atoms with Crippen LogP contribution in [0.4, 0.5) is 4.79 Å². The first-order valence-corrected chi connectivity index (χ1v) is 9.62. The van der Waals surface area contributed by atoms with E-state index in [1.54, 1.807) is 41.6 Å². The molecule has 0 unspecified atom stereocenters. The average Bonchev–Trinajstić information content (AvgIpc) is 3.24. The van der Waals surface area contributed by atoms with Gasteiger partial charge in [0.05, 0.1) is 6.10 Å². The fourth-order valence-corrected chi connectivity index (χ4v) is 3.12. The lowest BCUT2D eigenvalue weighted by atomic mass is 10.1. The Morgan fingerprint density at radius 3 is 2.59 bits per heavy atom. The fraction of sp³-hybridized carbons (Fsp3) is 0.300. The van der Waals surface area contributed by atoms with Gasteiger partial charge in [-0.15, -0.1) is 0 Å². The highest BCUT2D eigenvalue weighted by molar-refractivity contribution is 6.30. The molecule has 4 rings (SSSR count). The molecule has 0 N–H and O–H groups in total. The number of carbonyl (C=O) groups is 1. The van der Waals surface area contributed by atoms with Crippen LogP contribution in [0.3, 0.4) is 0 Å². The normalized spacial score (nSPS) is 14.7. The summed E-state index contributed by atoms with van der Waals surface area (Å²) in [7, 11) is 0. The average molecular weight is 415 g/mol. The molecule has 150 valence electrons. The van der Waals surface area contributed by atoms with Gasteiger partial charge in [0.1, 0.15) is 12.4 Å². The lowest BCUT2D eigenvalue weighted by Gasteiger charge is -2.30. The van der Waals surface area contributed by atoms with Crippen LogP contribution in [0.5, 0.6) is 5.75 Å². The molecule has 1 aliphatic heterocycles. The third kappa shape index (κ3) is 5.10. The number of ether oxygens (including phenoxy) is 2. The monoisotopic (exact) mass is 414 g/mol. The van der Waals surface area contributed by atoms with Gasteiger partial charge in [-0.2, -0.15) is 4.98 Å². The number of hydrogen-bond donors (Lipinski definition) is 0. The number of amides is 1. The predicted molar refractivity (Wildman–Crippen MR) is 104 cm³/mol. The van der Waals surface area contributed by atoms with Crippen LogP contribution in [0, 0.1) is 0 Å². The first kappa shape index (κ1) is 19.4. The molecule has 0 spiro atoms. The molecule has 1 fully saturated rings. The minimum atomic E-state index is -0.371. The molecule has 9 heteroatoms. The molecule has 1 amide bonds. The topological polar surface area (TPSA) is 90.6 Å². The maximum Gasteiger partial charge on any atom is 0.415 e. The summed E-state index contributed by atoms with van der Waals surface area (Å²) in [6.45, 7) is 1.35. The van der Waals surface area contributed by atoms with E-state index in [4.69, 9.17) is 25.6 Å². The van der Waals surface area contributed by atoms with Gasteiger partial charge in [-0.1, -0.05) is 16.8 Å². The van der Waals surface area contributed by atoms with Crippen molar-refractivity contribution in [3.8, 4) is 17.1 Å². The molecule has 2 aromatic heterocycles. The van der Waals surface area contributed by atoms with E-state index >= 15 is 0 Å². The van der Waals surface area contributed by atoms with Crippen molar-refractivity contribution in [3.63, 3.8) is 0 Å². The maximum atomic E-state index is 12.3. The number of benzene rings is 1. The molecule has 0 bridgehead atoms. The Bertz CT molecular complexity index is 941. The van der Waals surface area contributed by atoms with Gasteiger partial charge in [0.2, 0.25) is 5.82 Å². The molecule has 0 saturated carbocycles. The number of carbonyl (C=O) groups excluding carboxylic acids is 1. The molecule has 3 aromatic rings. The zero-order valence-corrected chi connectivity index (χ0v) is 16.3. The van der Waals surface area contributed by atoms with Crippen molar-refractivity contribution in [2.75, 3.05) is 13.1 Å². The highest BCUT2D eigenvalue weighted by atomic mass is 35.5. The first-order valence-electron chi connectivity index (χ1n) is 9.24. The predicted octanol–water partition coefficient (Wildman–Crippen LogP) is 3.97. The Hall–Kier alpha value is -2.97. The SMILES string of the molecule is O=C(Oc1ccc(Cl)cc1)N1CCC(OCc2nc(-c3ccncc3)no2)CC1. The zero-order chi connectivity index (χ0) is 20.1. The van der Waals surface area contributed by atoms with Crippen LogP contribution in [0.25, 0.3) is 11.4 Å². The van der Waals surface area contributed by atoms with Crippen molar-refractivity contribution in [1.29, 1.82) is 0 Å². The largest absolute Gasteiger partial charge is 0.415 e. The molecule has 29 heavy (non-hydrogen) atoms. The minimum absolute atomic E-state index is 0.0193. The number of pyridine rings is 1. The van der Waals surface area contributed by atoms with Gasteiger partial charge in [-0.3, -0.25) is 4.98 Å². The van der Waals surface area contributed by atoms with E-state index in [9.17, 15) is 4.79 Å². The number of halogens is 1. The molecule has 3 heterocycles. The second-order valence-corrected chi connectivity index (χ2v) is 7.00. The summed E-state index contributed by atoms with van der Waals surface area (Å²) >= 11 is 5.84. The fourth-order valence-electron chi connectivity index (χ4n) is 2.99. The second-order valence-electron chi connectivity index (χ2n) is 6.57. The third-order valence-electron chi connectivity index (χ3n) is 4.57. The highest BCUT2D eigenvalue weighted by Gasteiger charge is 2.25. The minimum Gasteiger partial charge on any atom is -0.410 e. The van der Waals surface area contributed by atoms with E-state index in [-0.39, 0.29) is 18.8 Å². The van der Waals surface area contributed by atoms with Crippen LogP contribution in [0.15, 0.2) is 53.3 Å². The Labute approximate surface area is 172 Å². The summed E-state index contributed by atoms with van der Waals surface area (Å²) in [4.78, 5) is 22.2. The molecular weight excluding hydrogens is 396 g/mol.